The van der Waals surface area contributed by atoms with Crippen molar-refractivity contribution in [2.75, 3.05) is 19.8 Å². The third-order valence-electron chi connectivity index (χ3n) is 2.43. The molecule has 2 rings (SSSR count). The third-order valence-corrected chi connectivity index (χ3v) is 2.43. The highest BCUT2D eigenvalue weighted by molar-refractivity contribution is 5.36. The standard InChI is InChI=1S/C11H13F2NO2/c12-11(13)16-10-4-2-1-3-8(10)9-7-15-6-5-14-9/h1-4,9,11,14H,5-7H2/t9-/m0/s1. The zero-order valence-corrected chi connectivity index (χ0v) is 8.66. The molecule has 0 radical (unpaired) electrons. The van der Waals surface area contributed by atoms with Crippen LogP contribution in [0.1, 0.15) is 11.6 Å². The van der Waals surface area contributed by atoms with Crippen LogP contribution in [0.25, 0.3) is 0 Å². The van der Waals surface area contributed by atoms with E-state index in [9.17, 15) is 8.78 Å². The minimum absolute atomic E-state index is 0.0799. The number of para-hydroxylation sites is 1. The SMILES string of the molecule is FC(F)Oc1ccccc1[C@@H]1COCCN1. The molecule has 1 N–H and O–H groups in total. The Morgan fingerprint density at radius 1 is 1.38 bits per heavy atom. The highest BCUT2D eigenvalue weighted by Crippen LogP contribution is 2.27. The summed E-state index contributed by atoms with van der Waals surface area (Å²) in [4.78, 5) is 0. The number of ether oxygens (including phenoxy) is 2. The van der Waals surface area contributed by atoms with Crippen molar-refractivity contribution in [2.24, 2.45) is 0 Å². The molecule has 0 aromatic heterocycles. The average molecular weight is 229 g/mol. The number of nitrogens with one attached hydrogen (secondary N) is 1. The second kappa shape index (κ2) is 5.23. The maximum absolute atomic E-state index is 12.2. The van der Waals surface area contributed by atoms with Crippen molar-refractivity contribution in [1.29, 1.82) is 0 Å². The molecule has 0 bridgehead atoms. The summed E-state index contributed by atoms with van der Waals surface area (Å²) in [5.74, 6) is 0.209. The molecule has 1 heterocycles. The fourth-order valence-corrected chi connectivity index (χ4v) is 1.74. The molecule has 1 aromatic rings. The van der Waals surface area contributed by atoms with Crippen molar-refractivity contribution >= 4 is 0 Å². The van der Waals surface area contributed by atoms with Gasteiger partial charge in [-0.05, 0) is 6.07 Å². The van der Waals surface area contributed by atoms with E-state index in [4.69, 9.17) is 4.74 Å². The van der Waals surface area contributed by atoms with Crippen LogP contribution in [0.2, 0.25) is 0 Å². The molecule has 1 saturated heterocycles. The van der Waals surface area contributed by atoms with Crippen LogP contribution in [0.3, 0.4) is 0 Å². The maximum atomic E-state index is 12.2. The predicted molar refractivity (Wildman–Crippen MR) is 54.6 cm³/mol. The molecule has 16 heavy (non-hydrogen) atoms. The van der Waals surface area contributed by atoms with Gasteiger partial charge in [-0.2, -0.15) is 8.78 Å². The minimum atomic E-state index is -2.80. The summed E-state index contributed by atoms with van der Waals surface area (Å²) in [5, 5.41) is 3.20. The largest absolute Gasteiger partial charge is 0.434 e. The Bertz CT molecular complexity index is 341. The molecular formula is C11H13F2NO2. The van der Waals surface area contributed by atoms with Gasteiger partial charge in [-0.15, -0.1) is 0 Å². The second-order valence-corrected chi connectivity index (χ2v) is 3.50. The fraction of sp³-hybridized carbons (Fsp3) is 0.455. The van der Waals surface area contributed by atoms with Crippen molar-refractivity contribution in [3.05, 3.63) is 29.8 Å². The first kappa shape index (κ1) is 11.3. The van der Waals surface area contributed by atoms with Crippen LogP contribution in [0.4, 0.5) is 8.78 Å². The van der Waals surface area contributed by atoms with E-state index in [-0.39, 0.29) is 11.8 Å². The van der Waals surface area contributed by atoms with Crippen LogP contribution in [0, 0.1) is 0 Å². The molecule has 1 aliphatic heterocycles. The highest BCUT2D eigenvalue weighted by atomic mass is 19.3. The summed E-state index contributed by atoms with van der Waals surface area (Å²) >= 11 is 0. The van der Waals surface area contributed by atoms with Gasteiger partial charge in [0.1, 0.15) is 5.75 Å². The first-order valence-corrected chi connectivity index (χ1v) is 5.12. The van der Waals surface area contributed by atoms with Crippen molar-refractivity contribution < 1.29 is 18.3 Å². The predicted octanol–water partition coefficient (Wildman–Crippen LogP) is 1.95. The van der Waals surface area contributed by atoms with Crippen LogP contribution >= 0.6 is 0 Å². The lowest BCUT2D eigenvalue weighted by atomic mass is 10.1. The Morgan fingerprint density at radius 3 is 2.88 bits per heavy atom. The number of hydrogen-bond acceptors (Lipinski definition) is 3. The number of halogens is 2. The van der Waals surface area contributed by atoms with Crippen LogP contribution in [-0.2, 0) is 4.74 Å². The van der Waals surface area contributed by atoms with Crippen LogP contribution in [0.15, 0.2) is 24.3 Å². The third kappa shape index (κ3) is 2.68. The zero-order valence-electron chi connectivity index (χ0n) is 8.66. The lowest BCUT2D eigenvalue weighted by Crippen LogP contribution is -2.34. The summed E-state index contributed by atoms with van der Waals surface area (Å²) < 4.78 is 34.1. The lowest BCUT2D eigenvalue weighted by Gasteiger charge is -2.25. The normalized spacial score (nSPS) is 21.1. The number of hydrogen-bond donors (Lipinski definition) is 1. The Balaban J connectivity index is 2.17. The van der Waals surface area contributed by atoms with Crippen molar-refractivity contribution in [2.45, 2.75) is 12.7 Å². The van der Waals surface area contributed by atoms with Crippen molar-refractivity contribution in [1.82, 2.24) is 5.32 Å². The van der Waals surface area contributed by atoms with Gasteiger partial charge >= 0.3 is 6.61 Å². The molecule has 88 valence electrons. The molecule has 0 amide bonds. The maximum Gasteiger partial charge on any atom is 0.387 e. The molecule has 1 aromatic carbocycles. The lowest BCUT2D eigenvalue weighted by molar-refractivity contribution is -0.0512. The van der Waals surface area contributed by atoms with E-state index in [1.54, 1.807) is 18.2 Å². The van der Waals surface area contributed by atoms with E-state index in [0.717, 1.165) is 0 Å². The van der Waals surface area contributed by atoms with Gasteiger partial charge in [-0.25, -0.2) is 0 Å². The molecule has 0 unspecified atom stereocenters. The van der Waals surface area contributed by atoms with Crippen molar-refractivity contribution in [3.63, 3.8) is 0 Å². The van der Waals surface area contributed by atoms with Crippen molar-refractivity contribution in [3.8, 4) is 5.75 Å². The zero-order chi connectivity index (χ0) is 11.4. The molecule has 1 fully saturated rings. The van der Waals surface area contributed by atoms with E-state index in [1.807, 2.05) is 0 Å². The molecule has 0 spiro atoms. The van der Waals surface area contributed by atoms with Gasteiger partial charge < -0.3 is 14.8 Å². The summed E-state index contributed by atoms with van der Waals surface area (Å²) in [6, 6.07) is 6.69. The fourth-order valence-electron chi connectivity index (χ4n) is 1.74. The summed E-state index contributed by atoms with van der Waals surface area (Å²) in [6.45, 7) is -0.961. The molecular weight excluding hydrogens is 216 g/mol. The van der Waals surface area contributed by atoms with E-state index in [2.05, 4.69) is 10.1 Å². The highest BCUT2D eigenvalue weighted by Gasteiger charge is 2.20. The number of rotatable bonds is 3. The molecule has 1 atom stereocenters. The van der Waals surface area contributed by atoms with Gasteiger partial charge in [-0.1, -0.05) is 18.2 Å². The van der Waals surface area contributed by atoms with E-state index < -0.39 is 6.61 Å². The molecule has 5 heteroatoms. The average Bonchev–Trinajstić information content (AvgIpc) is 2.30. The number of morpholine rings is 1. The first-order chi connectivity index (χ1) is 7.77. The molecule has 1 aliphatic rings. The topological polar surface area (TPSA) is 30.5 Å². The van der Waals surface area contributed by atoms with Crippen LogP contribution < -0.4 is 10.1 Å². The Hall–Kier alpha value is -1.20. The molecule has 0 aliphatic carbocycles. The van der Waals surface area contributed by atoms with Crippen LogP contribution in [-0.4, -0.2) is 26.4 Å². The summed E-state index contributed by atoms with van der Waals surface area (Å²) in [6.07, 6.45) is 0. The minimum Gasteiger partial charge on any atom is -0.434 e. The number of benzene rings is 1. The monoisotopic (exact) mass is 229 g/mol. The van der Waals surface area contributed by atoms with Gasteiger partial charge in [0.25, 0.3) is 0 Å². The quantitative estimate of drug-likeness (QED) is 0.859. The van der Waals surface area contributed by atoms with Gasteiger partial charge in [0.15, 0.2) is 0 Å². The smallest absolute Gasteiger partial charge is 0.387 e. The van der Waals surface area contributed by atoms with E-state index in [1.165, 1.54) is 6.07 Å². The van der Waals surface area contributed by atoms with Gasteiger partial charge in [0.2, 0.25) is 0 Å². The van der Waals surface area contributed by atoms with Gasteiger partial charge in [-0.3, -0.25) is 0 Å². The van der Waals surface area contributed by atoms with Gasteiger partial charge in [0, 0.05) is 12.1 Å². The summed E-state index contributed by atoms with van der Waals surface area (Å²) in [7, 11) is 0. The van der Waals surface area contributed by atoms with E-state index in [0.29, 0.717) is 25.3 Å². The Labute approximate surface area is 92.4 Å². The second-order valence-electron chi connectivity index (χ2n) is 3.50. The van der Waals surface area contributed by atoms with E-state index >= 15 is 0 Å². The molecule has 0 saturated carbocycles. The Morgan fingerprint density at radius 2 is 2.19 bits per heavy atom. The van der Waals surface area contributed by atoms with Gasteiger partial charge in [0.05, 0.1) is 19.3 Å². The number of alkyl halides is 2. The first-order valence-electron chi connectivity index (χ1n) is 5.12. The van der Waals surface area contributed by atoms with Crippen LogP contribution in [0.5, 0.6) is 5.75 Å². The molecule has 3 nitrogen and oxygen atoms in total. The Kier molecular flexibility index (Phi) is 3.69. The summed E-state index contributed by atoms with van der Waals surface area (Å²) in [5.41, 5.74) is 0.711.